The summed E-state index contributed by atoms with van der Waals surface area (Å²) in [5.41, 5.74) is 7.88. The molecule has 0 amide bonds. The summed E-state index contributed by atoms with van der Waals surface area (Å²) in [5, 5.41) is 3.18. The summed E-state index contributed by atoms with van der Waals surface area (Å²) in [6.45, 7) is 3.24. The minimum Gasteiger partial charge on any atom is -0.459 e. The van der Waals surface area contributed by atoms with Crippen molar-refractivity contribution in [2.45, 2.75) is 24.2 Å². The Bertz CT molecular complexity index is 1160. The number of nitrogens with one attached hydrogen (secondary N) is 2. The van der Waals surface area contributed by atoms with Gasteiger partial charge >= 0.3 is 0 Å². The number of nitrogens with two attached hydrogens (primary N) is 1. The SMILES string of the molecule is COCCCNS(=O)(=O)c1ccc(Nc2nc(N3CCC(CN)CC3)c3occc3n2)cc1. The van der Waals surface area contributed by atoms with E-state index in [1.807, 2.05) is 6.07 Å². The van der Waals surface area contributed by atoms with E-state index in [2.05, 4.69) is 19.9 Å². The molecule has 0 atom stereocenters. The van der Waals surface area contributed by atoms with Crippen molar-refractivity contribution in [3.63, 3.8) is 0 Å². The van der Waals surface area contributed by atoms with Crippen molar-refractivity contribution < 1.29 is 17.6 Å². The Labute approximate surface area is 193 Å². The van der Waals surface area contributed by atoms with Crippen molar-refractivity contribution >= 4 is 38.6 Å². The maximum absolute atomic E-state index is 12.4. The predicted octanol–water partition coefficient (Wildman–Crippen LogP) is 2.46. The van der Waals surface area contributed by atoms with Gasteiger partial charge in [-0.05, 0) is 56.0 Å². The third kappa shape index (κ3) is 5.61. The quantitative estimate of drug-likeness (QED) is 0.379. The van der Waals surface area contributed by atoms with Gasteiger partial charge in [0.2, 0.25) is 16.0 Å². The molecule has 1 aromatic carbocycles. The molecule has 11 heteroatoms. The van der Waals surface area contributed by atoms with Gasteiger partial charge in [-0.3, -0.25) is 0 Å². The Morgan fingerprint density at radius 1 is 1.18 bits per heavy atom. The Morgan fingerprint density at radius 2 is 1.94 bits per heavy atom. The Balaban J connectivity index is 1.49. The van der Waals surface area contributed by atoms with Crippen molar-refractivity contribution in [1.29, 1.82) is 0 Å². The van der Waals surface area contributed by atoms with Crippen LogP contribution in [-0.4, -0.2) is 58.3 Å². The van der Waals surface area contributed by atoms with E-state index in [0.717, 1.165) is 31.7 Å². The lowest BCUT2D eigenvalue weighted by Gasteiger charge is -2.32. The molecule has 0 unspecified atom stereocenters. The first-order valence-electron chi connectivity index (χ1n) is 11.1. The molecule has 0 saturated carbocycles. The van der Waals surface area contributed by atoms with Crippen LogP contribution in [0.15, 0.2) is 45.9 Å². The predicted molar refractivity (Wildman–Crippen MR) is 127 cm³/mol. The first kappa shape index (κ1) is 23.4. The van der Waals surface area contributed by atoms with Crippen molar-refractivity contribution in [2.24, 2.45) is 11.7 Å². The first-order chi connectivity index (χ1) is 16.0. The third-order valence-corrected chi connectivity index (χ3v) is 7.25. The highest BCUT2D eigenvalue weighted by Gasteiger charge is 2.23. The van der Waals surface area contributed by atoms with E-state index in [-0.39, 0.29) is 4.90 Å². The zero-order valence-electron chi connectivity index (χ0n) is 18.7. The first-order valence-corrected chi connectivity index (χ1v) is 12.5. The zero-order valence-corrected chi connectivity index (χ0v) is 19.5. The molecule has 0 radical (unpaired) electrons. The molecule has 0 aliphatic carbocycles. The number of sulfonamides is 1. The lowest BCUT2D eigenvalue weighted by molar-refractivity contribution is 0.196. The number of furan rings is 1. The van der Waals surface area contributed by atoms with E-state index >= 15 is 0 Å². The summed E-state index contributed by atoms with van der Waals surface area (Å²) in [4.78, 5) is 11.6. The summed E-state index contributed by atoms with van der Waals surface area (Å²) < 4.78 is 38.0. The highest BCUT2D eigenvalue weighted by molar-refractivity contribution is 7.89. The zero-order chi connectivity index (χ0) is 23.3. The third-order valence-electron chi connectivity index (χ3n) is 5.77. The number of benzene rings is 1. The van der Waals surface area contributed by atoms with E-state index in [0.29, 0.717) is 54.8 Å². The van der Waals surface area contributed by atoms with Crippen LogP contribution in [-0.2, 0) is 14.8 Å². The van der Waals surface area contributed by atoms with Crippen LogP contribution in [0, 0.1) is 5.92 Å². The fourth-order valence-electron chi connectivity index (χ4n) is 3.85. The summed E-state index contributed by atoms with van der Waals surface area (Å²) >= 11 is 0. The van der Waals surface area contributed by atoms with Gasteiger partial charge in [0.15, 0.2) is 11.4 Å². The molecule has 1 aliphatic heterocycles. The molecule has 0 bridgehead atoms. The standard InChI is InChI=1S/C22H30N6O4S/c1-31-13-2-10-24-33(29,30)18-5-3-17(4-6-18)25-22-26-19-9-14-32-20(19)21(27-22)28-11-7-16(15-23)8-12-28/h3-6,9,14,16,24H,2,7-8,10-13,15,23H2,1H3,(H,25,26,27). The molecule has 0 spiro atoms. The average molecular weight is 475 g/mol. The topological polar surface area (TPSA) is 136 Å². The normalized spacial score (nSPS) is 15.3. The minimum absolute atomic E-state index is 0.195. The molecular weight excluding hydrogens is 444 g/mol. The van der Waals surface area contributed by atoms with E-state index in [4.69, 9.17) is 19.9 Å². The molecule has 1 saturated heterocycles. The molecule has 10 nitrogen and oxygen atoms in total. The van der Waals surface area contributed by atoms with Crippen LogP contribution in [0.2, 0.25) is 0 Å². The maximum atomic E-state index is 12.4. The molecule has 33 heavy (non-hydrogen) atoms. The second-order valence-corrected chi connectivity index (χ2v) is 9.83. The summed E-state index contributed by atoms with van der Waals surface area (Å²) in [7, 11) is -1.99. The van der Waals surface area contributed by atoms with Gasteiger partial charge in [-0.25, -0.2) is 18.1 Å². The van der Waals surface area contributed by atoms with E-state index in [1.54, 1.807) is 37.6 Å². The average Bonchev–Trinajstić information content (AvgIpc) is 3.30. The number of methoxy groups -OCH3 is 1. The molecule has 2 aromatic heterocycles. The van der Waals surface area contributed by atoms with Crippen molar-refractivity contribution in [3.05, 3.63) is 36.6 Å². The van der Waals surface area contributed by atoms with Gasteiger partial charge in [0.25, 0.3) is 0 Å². The number of rotatable bonds is 10. The van der Waals surface area contributed by atoms with Gasteiger partial charge in [-0.1, -0.05) is 0 Å². The van der Waals surface area contributed by atoms with Crippen LogP contribution in [0.25, 0.3) is 11.1 Å². The number of anilines is 3. The van der Waals surface area contributed by atoms with Gasteiger partial charge in [0.05, 0.1) is 11.2 Å². The van der Waals surface area contributed by atoms with Crippen molar-refractivity contribution in [3.8, 4) is 0 Å². The maximum Gasteiger partial charge on any atom is 0.240 e. The summed E-state index contributed by atoms with van der Waals surface area (Å²) in [6.07, 6.45) is 4.25. The van der Waals surface area contributed by atoms with Crippen molar-refractivity contribution in [2.75, 3.05) is 50.1 Å². The van der Waals surface area contributed by atoms with E-state index in [9.17, 15) is 8.42 Å². The molecule has 1 fully saturated rings. The van der Waals surface area contributed by atoms with Crippen LogP contribution in [0.5, 0.6) is 0 Å². The molecule has 3 aromatic rings. The molecule has 4 rings (SSSR count). The van der Waals surface area contributed by atoms with Crippen LogP contribution in [0.4, 0.5) is 17.5 Å². The molecule has 4 N–H and O–H groups in total. The summed E-state index contributed by atoms with van der Waals surface area (Å²) in [6, 6.07) is 8.30. The molecule has 178 valence electrons. The Kier molecular flexibility index (Phi) is 7.43. The number of hydrogen-bond donors (Lipinski definition) is 3. The lowest BCUT2D eigenvalue weighted by Crippen LogP contribution is -2.36. The van der Waals surface area contributed by atoms with E-state index < -0.39 is 10.0 Å². The Hall–Kier alpha value is -2.73. The highest BCUT2D eigenvalue weighted by atomic mass is 32.2. The Morgan fingerprint density at radius 3 is 2.64 bits per heavy atom. The number of hydrogen-bond acceptors (Lipinski definition) is 9. The van der Waals surface area contributed by atoms with Crippen LogP contribution in [0.1, 0.15) is 19.3 Å². The van der Waals surface area contributed by atoms with Gasteiger partial charge in [0.1, 0.15) is 5.52 Å². The van der Waals surface area contributed by atoms with Gasteiger partial charge in [-0.15, -0.1) is 0 Å². The smallest absolute Gasteiger partial charge is 0.240 e. The van der Waals surface area contributed by atoms with E-state index in [1.165, 1.54) is 0 Å². The van der Waals surface area contributed by atoms with Crippen LogP contribution >= 0.6 is 0 Å². The minimum atomic E-state index is -3.57. The number of nitrogens with zero attached hydrogens (tertiary/aromatic N) is 3. The number of fused-ring (bicyclic) bond motifs is 1. The second-order valence-electron chi connectivity index (χ2n) is 8.07. The highest BCUT2D eigenvalue weighted by Crippen LogP contribution is 2.30. The van der Waals surface area contributed by atoms with Crippen LogP contribution < -0.4 is 20.7 Å². The summed E-state index contributed by atoms with van der Waals surface area (Å²) in [5.74, 6) is 1.72. The fraction of sp³-hybridized carbons (Fsp3) is 0.455. The van der Waals surface area contributed by atoms with Gasteiger partial charge in [0, 0.05) is 45.1 Å². The largest absolute Gasteiger partial charge is 0.459 e. The fourth-order valence-corrected chi connectivity index (χ4v) is 4.93. The number of piperidine rings is 1. The van der Waals surface area contributed by atoms with Crippen LogP contribution in [0.3, 0.4) is 0 Å². The second kappa shape index (κ2) is 10.5. The lowest BCUT2D eigenvalue weighted by atomic mass is 9.97. The molecular formula is C22H30N6O4S. The number of ether oxygens (including phenoxy) is 1. The molecule has 3 heterocycles. The van der Waals surface area contributed by atoms with Crippen molar-refractivity contribution in [1.82, 2.24) is 14.7 Å². The monoisotopic (exact) mass is 474 g/mol. The van der Waals surface area contributed by atoms with Gasteiger partial charge < -0.3 is 25.1 Å². The molecule has 1 aliphatic rings. The van der Waals surface area contributed by atoms with Gasteiger partial charge in [-0.2, -0.15) is 4.98 Å². The number of aromatic nitrogens is 2.